The van der Waals surface area contributed by atoms with Gasteiger partial charge in [0.15, 0.2) is 0 Å². The Morgan fingerprint density at radius 1 is 1.09 bits per heavy atom. The van der Waals surface area contributed by atoms with Crippen molar-refractivity contribution < 1.29 is 18.8 Å². The van der Waals surface area contributed by atoms with E-state index in [9.17, 15) is 4.79 Å². The van der Waals surface area contributed by atoms with Crippen LogP contribution in [0.2, 0.25) is 0 Å². The van der Waals surface area contributed by atoms with Crippen LogP contribution in [-0.4, -0.2) is 30.9 Å². The topological polar surface area (TPSA) is 44.8 Å². The highest BCUT2D eigenvalue weighted by Gasteiger charge is 2.52. The largest absolute Gasteiger partial charge is 0.495 e. The van der Waals surface area contributed by atoms with Crippen molar-refractivity contribution in [2.45, 2.75) is 66.6 Å². The summed E-state index contributed by atoms with van der Waals surface area (Å²) >= 11 is 0. The van der Waals surface area contributed by atoms with Crippen LogP contribution < -0.4 is 5.46 Å². The van der Waals surface area contributed by atoms with Crippen LogP contribution in [0.1, 0.15) is 61.7 Å². The lowest BCUT2D eigenvalue weighted by Crippen LogP contribution is -2.41. The third-order valence-corrected chi connectivity index (χ3v) is 5.00. The third-order valence-electron chi connectivity index (χ3n) is 5.00. The fourth-order valence-corrected chi connectivity index (χ4v) is 3.04. The van der Waals surface area contributed by atoms with E-state index >= 15 is 0 Å². The van der Waals surface area contributed by atoms with Crippen molar-refractivity contribution in [2.24, 2.45) is 0 Å². The number of carbonyl (C=O) groups is 1. The van der Waals surface area contributed by atoms with Gasteiger partial charge in [-0.05, 0) is 72.0 Å². The molecule has 0 bridgehead atoms. The summed E-state index contributed by atoms with van der Waals surface area (Å²) in [5.74, 6) is -0.291. The Kier molecular flexibility index (Phi) is 4.66. The normalized spacial score (nSPS) is 19.0. The SMILES string of the molecule is CCOC(=O)c1c(C)cc(C)c(B2OC(C)(C)C(C)(C)O2)c1C. The highest BCUT2D eigenvalue weighted by atomic mass is 16.7. The predicted octanol–water partition coefficient (Wildman–Crippen LogP) is 3.09. The first-order chi connectivity index (χ1) is 10.5. The van der Waals surface area contributed by atoms with Gasteiger partial charge in [0.2, 0.25) is 0 Å². The second kappa shape index (κ2) is 5.95. The first kappa shape index (κ1) is 18.0. The van der Waals surface area contributed by atoms with E-state index in [0.717, 1.165) is 22.2 Å². The first-order valence-electron chi connectivity index (χ1n) is 8.15. The van der Waals surface area contributed by atoms with Crippen molar-refractivity contribution in [1.82, 2.24) is 0 Å². The molecule has 23 heavy (non-hydrogen) atoms. The number of hydrogen-bond donors (Lipinski definition) is 0. The fraction of sp³-hybridized carbons (Fsp3) is 0.611. The molecule has 0 aromatic heterocycles. The first-order valence-corrected chi connectivity index (χ1v) is 8.15. The van der Waals surface area contributed by atoms with Gasteiger partial charge in [-0.3, -0.25) is 0 Å². The van der Waals surface area contributed by atoms with E-state index < -0.39 is 18.3 Å². The second-order valence-corrected chi connectivity index (χ2v) is 7.23. The monoisotopic (exact) mass is 318 g/mol. The number of esters is 1. The zero-order chi connectivity index (χ0) is 17.6. The molecule has 0 amide bonds. The smallest absolute Gasteiger partial charge is 0.462 e. The Bertz CT molecular complexity index is 618. The molecule has 1 aromatic carbocycles. The molecule has 1 saturated heterocycles. The van der Waals surface area contributed by atoms with E-state index in [1.165, 1.54) is 0 Å². The van der Waals surface area contributed by atoms with Gasteiger partial charge >= 0.3 is 13.1 Å². The summed E-state index contributed by atoms with van der Waals surface area (Å²) in [6.07, 6.45) is 0. The summed E-state index contributed by atoms with van der Waals surface area (Å²) in [7, 11) is -0.478. The van der Waals surface area contributed by atoms with Crippen molar-refractivity contribution in [2.75, 3.05) is 6.61 Å². The fourth-order valence-electron chi connectivity index (χ4n) is 3.04. The molecule has 1 fully saturated rings. The standard InChI is InChI=1S/C18H27BO4/c1-9-21-16(20)14-11(2)10-12(3)15(13(14)4)19-22-17(5,6)18(7,8)23-19/h10H,9H2,1-8H3. The van der Waals surface area contributed by atoms with Gasteiger partial charge in [0, 0.05) is 0 Å². The van der Waals surface area contributed by atoms with Crippen LogP contribution in [0, 0.1) is 20.8 Å². The Balaban J connectivity index is 2.52. The molecule has 1 aromatic rings. The van der Waals surface area contributed by atoms with Crippen molar-refractivity contribution in [1.29, 1.82) is 0 Å². The average Bonchev–Trinajstić information content (AvgIpc) is 2.57. The molecule has 1 aliphatic rings. The number of rotatable bonds is 3. The lowest BCUT2D eigenvalue weighted by atomic mass is 9.71. The molecular formula is C18H27BO4. The average molecular weight is 318 g/mol. The maximum Gasteiger partial charge on any atom is 0.495 e. The van der Waals surface area contributed by atoms with Gasteiger partial charge in [0.05, 0.1) is 23.4 Å². The van der Waals surface area contributed by atoms with Crippen LogP contribution >= 0.6 is 0 Å². The Labute approximate surface area is 139 Å². The Hall–Kier alpha value is -1.33. The maximum atomic E-state index is 12.3. The minimum Gasteiger partial charge on any atom is -0.462 e. The summed E-state index contributed by atoms with van der Waals surface area (Å²) in [4.78, 5) is 12.3. The number of ether oxygens (including phenoxy) is 1. The lowest BCUT2D eigenvalue weighted by Gasteiger charge is -2.32. The highest BCUT2D eigenvalue weighted by Crippen LogP contribution is 2.37. The molecule has 0 unspecified atom stereocenters. The summed E-state index contributed by atoms with van der Waals surface area (Å²) in [5, 5.41) is 0. The quantitative estimate of drug-likeness (QED) is 0.635. The number of benzene rings is 1. The molecule has 5 heteroatoms. The zero-order valence-corrected chi connectivity index (χ0v) is 15.5. The molecule has 2 rings (SSSR count). The number of hydrogen-bond acceptors (Lipinski definition) is 4. The molecule has 0 aliphatic carbocycles. The number of aryl methyl sites for hydroxylation is 2. The Morgan fingerprint density at radius 2 is 1.61 bits per heavy atom. The van der Waals surface area contributed by atoms with E-state index in [2.05, 4.69) is 0 Å². The minimum atomic E-state index is -0.478. The van der Waals surface area contributed by atoms with Crippen molar-refractivity contribution in [3.8, 4) is 0 Å². The van der Waals surface area contributed by atoms with Crippen LogP contribution in [0.5, 0.6) is 0 Å². The van der Waals surface area contributed by atoms with Crippen LogP contribution in [-0.2, 0) is 14.0 Å². The molecule has 0 radical (unpaired) electrons. The molecule has 0 N–H and O–H groups in total. The van der Waals surface area contributed by atoms with Gasteiger partial charge in [0.25, 0.3) is 0 Å². The van der Waals surface area contributed by atoms with Gasteiger partial charge in [-0.25, -0.2) is 4.79 Å². The summed E-state index contributed by atoms with van der Waals surface area (Å²) in [5.41, 5.74) is 3.57. The third kappa shape index (κ3) is 3.04. The molecular weight excluding hydrogens is 291 g/mol. The summed E-state index contributed by atoms with van der Waals surface area (Å²) in [6.45, 7) is 16.2. The second-order valence-electron chi connectivity index (χ2n) is 7.23. The molecule has 1 aliphatic heterocycles. The molecule has 1 heterocycles. The zero-order valence-electron chi connectivity index (χ0n) is 15.5. The van der Waals surface area contributed by atoms with Crippen LogP contribution in [0.4, 0.5) is 0 Å². The van der Waals surface area contributed by atoms with Crippen molar-refractivity contribution in [3.63, 3.8) is 0 Å². The van der Waals surface area contributed by atoms with Crippen LogP contribution in [0.3, 0.4) is 0 Å². The van der Waals surface area contributed by atoms with Gasteiger partial charge in [-0.15, -0.1) is 0 Å². The van der Waals surface area contributed by atoms with Gasteiger partial charge in [0.1, 0.15) is 0 Å². The summed E-state index contributed by atoms with van der Waals surface area (Å²) < 4.78 is 17.6. The number of carbonyl (C=O) groups excluding carboxylic acids is 1. The molecule has 126 valence electrons. The molecule has 0 atom stereocenters. The maximum absolute atomic E-state index is 12.3. The van der Waals surface area contributed by atoms with E-state index in [-0.39, 0.29) is 5.97 Å². The van der Waals surface area contributed by atoms with Crippen LogP contribution in [0.25, 0.3) is 0 Å². The van der Waals surface area contributed by atoms with Crippen molar-refractivity contribution in [3.05, 3.63) is 28.3 Å². The van der Waals surface area contributed by atoms with Crippen molar-refractivity contribution >= 4 is 18.6 Å². The van der Waals surface area contributed by atoms with E-state index in [1.807, 2.05) is 61.5 Å². The Morgan fingerprint density at radius 3 is 2.09 bits per heavy atom. The van der Waals surface area contributed by atoms with Gasteiger partial charge in [-0.1, -0.05) is 11.6 Å². The van der Waals surface area contributed by atoms with Gasteiger partial charge < -0.3 is 14.0 Å². The highest BCUT2D eigenvalue weighted by molar-refractivity contribution is 6.63. The van der Waals surface area contributed by atoms with E-state index in [1.54, 1.807) is 0 Å². The van der Waals surface area contributed by atoms with Crippen LogP contribution in [0.15, 0.2) is 6.07 Å². The summed E-state index contributed by atoms with van der Waals surface area (Å²) in [6, 6.07) is 2.00. The predicted molar refractivity (Wildman–Crippen MR) is 92.3 cm³/mol. The molecule has 4 nitrogen and oxygen atoms in total. The van der Waals surface area contributed by atoms with E-state index in [0.29, 0.717) is 12.2 Å². The minimum absolute atomic E-state index is 0.291. The van der Waals surface area contributed by atoms with E-state index in [4.69, 9.17) is 14.0 Å². The molecule has 0 saturated carbocycles. The molecule has 0 spiro atoms. The lowest BCUT2D eigenvalue weighted by molar-refractivity contribution is 0.00578. The van der Waals surface area contributed by atoms with Gasteiger partial charge in [-0.2, -0.15) is 0 Å².